The maximum atomic E-state index is 13.8. The first-order valence-electron chi connectivity index (χ1n) is 14.8. The predicted molar refractivity (Wildman–Crippen MR) is 157 cm³/mol. The van der Waals surface area contributed by atoms with Crippen molar-refractivity contribution < 1.29 is 24.4 Å². The highest BCUT2D eigenvalue weighted by atomic mass is 32.2. The van der Waals surface area contributed by atoms with Gasteiger partial charge in [0.1, 0.15) is 11.7 Å². The monoisotopic (exact) mass is 590 g/mol. The fraction of sp³-hybridized carbons (Fsp3) is 0.724. The van der Waals surface area contributed by atoms with E-state index in [4.69, 9.17) is 0 Å². The molecule has 0 spiro atoms. The van der Waals surface area contributed by atoms with Crippen LogP contribution in [-0.2, 0) is 19.2 Å². The molecule has 0 bridgehead atoms. The third kappa shape index (κ3) is 7.20. The number of fused-ring (bicyclic) bond motifs is 1. The molecule has 4 rings (SSSR count). The van der Waals surface area contributed by atoms with Gasteiger partial charge in [0.15, 0.2) is 5.50 Å². The van der Waals surface area contributed by atoms with E-state index < -0.39 is 17.4 Å². The third-order valence-corrected chi connectivity index (χ3v) is 9.76. The van der Waals surface area contributed by atoms with Crippen molar-refractivity contribution in [1.82, 2.24) is 30.4 Å². The Labute approximate surface area is 247 Å². The van der Waals surface area contributed by atoms with Crippen molar-refractivity contribution in [2.45, 2.75) is 90.2 Å². The zero-order valence-corrected chi connectivity index (χ0v) is 25.8. The van der Waals surface area contributed by atoms with Crippen LogP contribution in [0.15, 0.2) is 23.0 Å². The number of nitrogens with one attached hydrogen (secondary N) is 2. The van der Waals surface area contributed by atoms with Crippen LogP contribution in [0.25, 0.3) is 0 Å². The van der Waals surface area contributed by atoms with E-state index in [1.165, 1.54) is 0 Å². The van der Waals surface area contributed by atoms with Crippen molar-refractivity contribution in [3.63, 3.8) is 0 Å². The van der Waals surface area contributed by atoms with E-state index in [0.717, 1.165) is 31.4 Å². The molecule has 3 atom stereocenters. The molecule has 3 heterocycles. The Morgan fingerprint density at radius 1 is 1.20 bits per heavy atom. The molecule has 0 aromatic rings. The summed E-state index contributed by atoms with van der Waals surface area (Å²) in [5.74, 6) is -0.723. The van der Waals surface area contributed by atoms with E-state index in [1.807, 2.05) is 49.1 Å². The minimum atomic E-state index is -0.775. The van der Waals surface area contributed by atoms with Crippen LogP contribution < -0.4 is 10.6 Å². The summed E-state index contributed by atoms with van der Waals surface area (Å²) in [6, 6.07) is -0.833. The number of amides is 4. The van der Waals surface area contributed by atoms with Crippen molar-refractivity contribution in [3.8, 4) is 0 Å². The molecule has 1 unspecified atom stereocenters. The first-order valence-corrected chi connectivity index (χ1v) is 15.7. The zero-order chi connectivity index (χ0) is 29.9. The molecule has 1 aliphatic carbocycles. The van der Waals surface area contributed by atoms with Gasteiger partial charge in [-0.1, -0.05) is 58.2 Å². The van der Waals surface area contributed by atoms with Gasteiger partial charge in [0.25, 0.3) is 5.91 Å². The summed E-state index contributed by atoms with van der Waals surface area (Å²) in [6.45, 7) is 8.68. The number of hydrogen-bond acceptors (Lipinski definition) is 8. The van der Waals surface area contributed by atoms with Crippen LogP contribution in [0.5, 0.6) is 0 Å². The molecule has 1 saturated heterocycles. The number of carbonyl (C=O) groups excluding carboxylic acids is 4. The van der Waals surface area contributed by atoms with E-state index in [1.54, 1.807) is 23.7 Å². The number of carbonyl (C=O) groups is 4. The van der Waals surface area contributed by atoms with Gasteiger partial charge in [0.05, 0.1) is 12.5 Å². The maximum Gasteiger partial charge on any atom is 0.272 e. The van der Waals surface area contributed by atoms with Crippen molar-refractivity contribution >= 4 is 35.9 Å². The third-order valence-electron chi connectivity index (χ3n) is 8.88. The Bertz CT molecular complexity index is 1060. The lowest BCUT2D eigenvalue weighted by atomic mass is 9.84. The van der Waals surface area contributed by atoms with Crippen LogP contribution in [0, 0.1) is 17.3 Å². The summed E-state index contributed by atoms with van der Waals surface area (Å²) in [5.41, 5.74) is 1.03. The molecule has 4 aliphatic rings. The van der Waals surface area contributed by atoms with E-state index in [0.29, 0.717) is 55.4 Å². The molecule has 3 N–H and O–H groups in total. The van der Waals surface area contributed by atoms with Crippen LogP contribution in [0.2, 0.25) is 0 Å². The molecule has 228 valence electrons. The number of nitrogens with zero attached hydrogens (tertiary/aromatic N) is 4. The predicted octanol–water partition coefficient (Wildman–Crippen LogP) is 2.65. The van der Waals surface area contributed by atoms with Gasteiger partial charge in [-0.2, -0.15) is 0 Å². The van der Waals surface area contributed by atoms with Gasteiger partial charge in [0, 0.05) is 38.1 Å². The largest absolute Gasteiger partial charge is 0.358 e. The highest BCUT2D eigenvalue weighted by molar-refractivity contribution is 8.02. The number of rotatable bonds is 10. The average molecular weight is 591 g/mol. The smallest absolute Gasteiger partial charge is 0.272 e. The lowest BCUT2D eigenvalue weighted by Gasteiger charge is -2.41. The summed E-state index contributed by atoms with van der Waals surface area (Å²) in [5, 5.41) is 18.7. The topological polar surface area (TPSA) is 126 Å². The second-order valence-electron chi connectivity index (χ2n) is 12.9. The van der Waals surface area contributed by atoms with Crippen LogP contribution >= 0.6 is 11.8 Å². The number of likely N-dealkylation sites (N-methyl/N-ethyl adjacent to an activating group) is 1. The van der Waals surface area contributed by atoms with Gasteiger partial charge >= 0.3 is 0 Å². The maximum absolute atomic E-state index is 13.8. The van der Waals surface area contributed by atoms with Gasteiger partial charge in [-0.15, -0.1) is 0 Å². The number of piperidine rings is 1. The molecule has 0 aromatic heterocycles. The van der Waals surface area contributed by atoms with Crippen molar-refractivity contribution in [2.24, 2.45) is 17.3 Å². The number of hydroxylamine groups is 2. The molecule has 12 heteroatoms. The molecule has 1 saturated carbocycles. The summed E-state index contributed by atoms with van der Waals surface area (Å²) in [4.78, 5) is 57.4. The number of allylic oxidation sites excluding steroid dienone is 1. The second kappa shape index (κ2) is 13.1. The van der Waals surface area contributed by atoms with Crippen molar-refractivity contribution in [1.29, 1.82) is 0 Å². The van der Waals surface area contributed by atoms with Gasteiger partial charge in [-0.05, 0) is 42.9 Å². The number of thioether (sulfide) groups is 1. The molecule has 41 heavy (non-hydrogen) atoms. The molecule has 4 amide bonds. The van der Waals surface area contributed by atoms with E-state index in [9.17, 15) is 24.4 Å². The first-order chi connectivity index (χ1) is 19.4. The molecule has 11 nitrogen and oxygen atoms in total. The Morgan fingerprint density at radius 2 is 1.85 bits per heavy atom. The Kier molecular flexibility index (Phi) is 9.94. The van der Waals surface area contributed by atoms with Crippen LogP contribution in [-0.4, -0.2) is 93.4 Å². The number of likely N-dealkylation sites (tertiary alicyclic amines) is 1. The summed E-state index contributed by atoms with van der Waals surface area (Å²) >= 11 is 1.63. The molecule has 2 fully saturated rings. The molecule has 3 aliphatic heterocycles. The fourth-order valence-electron chi connectivity index (χ4n) is 6.41. The van der Waals surface area contributed by atoms with Crippen LogP contribution in [0.1, 0.15) is 72.6 Å². The van der Waals surface area contributed by atoms with Gasteiger partial charge in [0.2, 0.25) is 18.2 Å². The van der Waals surface area contributed by atoms with E-state index in [2.05, 4.69) is 10.6 Å². The average Bonchev–Trinajstić information content (AvgIpc) is 3.68. The lowest BCUT2D eigenvalue weighted by molar-refractivity contribution is -0.156. The van der Waals surface area contributed by atoms with Crippen molar-refractivity contribution in [2.75, 3.05) is 26.7 Å². The Morgan fingerprint density at radius 3 is 2.46 bits per heavy atom. The summed E-state index contributed by atoms with van der Waals surface area (Å²) in [6.07, 6.45) is 8.42. The van der Waals surface area contributed by atoms with Crippen LogP contribution in [0.3, 0.4) is 0 Å². The van der Waals surface area contributed by atoms with Gasteiger partial charge in [-0.25, -0.2) is 5.06 Å². The minimum absolute atomic E-state index is 0.00142. The standard InChI is InChI=1S/C29H46N6O5S/c1-19-23(35-14-15-41-28(35)30-19)26(38)33-12-10-22(11-13-33)32(5)27(39)24(29(2,3)4)31-25(37)21(17-34(40)18-36)16-20-8-6-7-9-20/h14-15,18,20-22,24,28,30,40H,6-13,16-17H2,1-5H3,(H,31,37)/t21-,24-,28?/m1/s1. The molecule has 0 radical (unpaired) electrons. The SMILES string of the molecule is CC1=C(C(=O)N2CCC(N(C)C(=O)[C@@H](NC(=O)[C@H](CC3CCCC3)CN(O)C=O)C(C)(C)C)CC2)N2C=CSC2N1. The Hall–Kier alpha value is -2.73. The van der Waals surface area contributed by atoms with Crippen LogP contribution in [0.4, 0.5) is 0 Å². The minimum Gasteiger partial charge on any atom is -0.358 e. The highest BCUT2D eigenvalue weighted by Gasteiger charge is 2.41. The van der Waals surface area contributed by atoms with E-state index >= 15 is 0 Å². The summed E-state index contributed by atoms with van der Waals surface area (Å²) < 4.78 is 0. The first kappa shape index (κ1) is 31.2. The van der Waals surface area contributed by atoms with Gasteiger partial charge in [-0.3, -0.25) is 24.4 Å². The molecule has 0 aromatic carbocycles. The van der Waals surface area contributed by atoms with E-state index in [-0.39, 0.29) is 35.8 Å². The van der Waals surface area contributed by atoms with Crippen molar-refractivity contribution in [3.05, 3.63) is 23.0 Å². The zero-order valence-electron chi connectivity index (χ0n) is 25.0. The molecular weight excluding hydrogens is 544 g/mol. The quantitative estimate of drug-likeness (QED) is 0.202. The normalized spacial score (nSPS) is 22.8. The lowest BCUT2D eigenvalue weighted by Crippen LogP contribution is -2.58. The molecular formula is C29H46N6O5S. The number of hydrogen-bond donors (Lipinski definition) is 3. The second-order valence-corrected chi connectivity index (χ2v) is 13.9. The fourth-order valence-corrected chi connectivity index (χ4v) is 7.31. The summed E-state index contributed by atoms with van der Waals surface area (Å²) in [7, 11) is 1.78. The Balaban J connectivity index is 1.38. The van der Waals surface area contributed by atoms with Gasteiger partial charge < -0.3 is 25.3 Å². The highest BCUT2D eigenvalue weighted by Crippen LogP contribution is 2.35.